The zero-order valence-electron chi connectivity index (χ0n) is 12.0. The van der Waals surface area contributed by atoms with E-state index in [4.69, 9.17) is 11.6 Å². The number of unbranched alkanes of at least 4 members (excludes halogenated alkanes) is 6. The maximum atomic E-state index is 6.11. The summed E-state index contributed by atoms with van der Waals surface area (Å²) >= 11 is 11.3. The second-order valence-electron chi connectivity index (χ2n) is 5.02. The third kappa shape index (κ3) is 6.61. The molecule has 0 radical (unpaired) electrons. The molecule has 1 atom stereocenters. The van der Waals surface area contributed by atoms with Crippen LogP contribution in [0.1, 0.15) is 69.2 Å². The summed E-state index contributed by atoms with van der Waals surface area (Å²) in [7, 11) is 2.04. The van der Waals surface area contributed by atoms with Crippen molar-refractivity contribution in [3.05, 3.63) is 19.8 Å². The Labute approximate surface area is 135 Å². The Morgan fingerprint density at radius 3 is 2.37 bits per heavy atom. The Balaban J connectivity index is 2.22. The van der Waals surface area contributed by atoms with Gasteiger partial charge in [0.05, 0.1) is 0 Å². The molecule has 0 aliphatic carbocycles. The van der Waals surface area contributed by atoms with Crippen LogP contribution in [0.4, 0.5) is 0 Å². The second-order valence-corrected chi connectivity index (χ2v) is 7.56. The second kappa shape index (κ2) is 10.2. The summed E-state index contributed by atoms with van der Waals surface area (Å²) in [5, 5.41) is 3.40. The van der Waals surface area contributed by atoms with Gasteiger partial charge in [-0.15, -0.1) is 11.3 Å². The summed E-state index contributed by atoms with van der Waals surface area (Å²) in [4.78, 5) is 1.34. The minimum atomic E-state index is 0.449. The Morgan fingerprint density at radius 2 is 1.84 bits per heavy atom. The minimum Gasteiger partial charge on any atom is -0.312 e. The lowest BCUT2D eigenvalue weighted by Gasteiger charge is -2.14. The SMILES string of the molecule is CCCCCCCCCC(NC)c1cc(Br)c(Cl)s1. The van der Waals surface area contributed by atoms with Crippen LogP contribution < -0.4 is 5.32 Å². The number of halogens is 2. The molecule has 0 fully saturated rings. The highest BCUT2D eigenvalue weighted by Gasteiger charge is 2.13. The standard InChI is InChI=1S/C15H25BrClNS/c1-3-4-5-6-7-8-9-10-13(18-2)14-11-12(16)15(17)19-14/h11,13,18H,3-10H2,1-2H3. The quantitative estimate of drug-likeness (QED) is 0.462. The van der Waals surface area contributed by atoms with E-state index in [-0.39, 0.29) is 0 Å². The van der Waals surface area contributed by atoms with Crippen molar-refractivity contribution < 1.29 is 0 Å². The van der Waals surface area contributed by atoms with Crippen molar-refractivity contribution in [1.29, 1.82) is 0 Å². The molecule has 0 aromatic carbocycles. The molecule has 19 heavy (non-hydrogen) atoms. The summed E-state index contributed by atoms with van der Waals surface area (Å²) in [6.45, 7) is 2.27. The average Bonchev–Trinajstić information content (AvgIpc) is 2.73. The van der Waals surface area contributed by atoms with Crippen LogP contribution in [0.2, 0.25) is 4.34 Å². The van der Waals surface area contributed by atoms with Gasteiger partial charge in [0.15, 0.2) is 0 Å². The first-order valence-electron chi connectivity index (χ1n) is 7.31. The first-order valence-corrected chi connectivity index (χ1v) is 9.29. The van der Waals surface area contributed by atoms with Gasteiger partial charge >= 0.3 is 0 Å². The molecule has 0 saturated heterocycles. The summed E-state index contributed by atoms with van der Waals surface area (Å²) in [5.74, 6) is 0. The Bertz CT molecular complexity index is 334. The van der Waals surface area contributed by atoms with E-state index >= 15 is 0 Å². The molecule has 1 rings (SSSR count). The lowest BCUT2D eigenvalue weighted by molar-refractivity contribution is 0.501. The van der Waals surface area contributed by atoms with Crippen molar-refractivity contribution in [2.24, 2.45) is 0 Å². The van der Waals surface area contributed by atoms with E-state index in [2.05, 4.69) is 34.2 Å². The molecule has 0 saturated carbocycles. The molecular weight excluding hydrogens is 342 g/mol. The molecule has 1 unspecified atom stereocenters. The van der Waals surface area contributed by atoms with E-state index in [1.807, 2.05) is 7.05 Å². The summed E-state index contributed by atoms with van der Waals surface area (Å²) in [6, 6.07) is 2.60. The third-order valence-corrected chi connectivity index (χ3v) is 6.04. The van der Waals surface area contributed by atoms with Gasteiger partial charge in [0, 0.05) is 15.4 Å². The largest absolute Gasteiger partial charge is 0.312 e. The van der Waals surface area contributed by atoms with Crippen LogP contribution in [-0.4, -0.2) is 7.05 Å². The lowest BCUT2D eigenvalue weighted by Crippen LogP contribution is -2.14. The van der Waals surface area contributed by atoms with Gasteiger partial charge in [-0.1, -0.05) is 63.5 Å². The molecule has 0 aliphatic heterocycles. The summed E-state index contributed by atoms with van der Waals surface area (Å²) < 4.78 is 1.88. The highest BCUT2D eigenvalue weighted by atomic mass is 79.9. The zero-order chi connectivity index (χ0) is 14.1. The van der Waals surface area contributed by atoms with Crippen LogP contribution in [0.15, 0.2) is 10.5 Å². The highest BCUT2D eigenvalue weighted by molar-refractivity contribution is 9.10. The number of nitrogens with one attached hydrogen (secondary N) is 1. The fraction of sp³-hybridized carbons (Fsp3) is 0.733. The van der Waals surface area contributed by atoms with Gasteiger partial charge in [-0.3, -0.25) is 0 Å². The Kier molecular flexibility index (Phi) is 9.38. The number of hydrogen-bond donors (Lipinski definition) is 1. The molecule has 1 N–H and O–H groups in total. The van der Waals surface area contributed by atoms with Crippen LogP contribution >= 0.6 is 38.9 Å². The molecule has 1 heterocycles. The van der Waals surface area contributed by atoms with Crippen molar-refractivity contribution in [2.75, 3.05) is 7.05 Å². The first kappa shape index (κ1) is 17.5. The smallest absolute Gasteiger partial charge is 0.107 e. The van der Waals surface area contributed by atoms with Gasteiger partial charge in [0.25, 0.3) is 0 Å². The maximum absolute atomic E-state index is 6.11. The van der Waals surface area contributed by atoms with Gasteiger partial charge in [-0.05, 0) is 35.5 Å². The molecule has 0 amide bonds. The van der Waals surface area contributed by atoms with Gasteiger partial charge in [-0.2, -0.15) is 0 Å². The third-order valence-electron chi connectivity index (χ3n) is 3.45. The Hall–Kier alpha value is 0.430. The normalized spacial score (nSPS) is 12.8. The van der Waals surface area contributed by atoms with Crippen LogP contribution in [0.5, 0.6) is 0 Å². The van der Waals surface area contributed by atoms with Gasteiger partial charge in [-0.25, -0.2) is 0 Å². The average molecular weight is 367 g/mol. The predicted octanol–water partition coefficient (Wildman–Crippen LogP) is 6.57. The van der Waals surface area contributed by atoms with E-state index in [0.717, 1.165) is 8.81 Å². The maximum Gasteiger partial charge on any atom is 0.107 e. The van der Waals surface area contributed by atoms with Gasteiger partial charge in [0.1, 0.15) is 4.34 Å². The predicted molar refractivity (Wildman–Crippen MR) is 91.4 cm³/mol. The molecule has 1 aromatic heterocycles. The van der Waals surface area contributed by atoms with Crippen molar-refractivity contribution in [3.63, 3.8) is 0 Å². The minimum absolute atomic E-state index is 0.449. The van der Waals surface area contributed by atoms with Crippen LogP contribution in [-0.2, 0) is 0 Å². The summed E-state index contributed by atoms with van der Waals surface area (Å²) in [6.07, 6.45) is 10.7. The molecule has 0 spiro atoms. The monoisotopic (exact) mass is 365 g/mol. The van der Waals surface area contributed by atoms with Crippen LogP contribution in [0.3, 0.4) is 0 Å². The van der Waals surface area contributed by atoms with Crippen molar-refractivity contribution in [1.82, 2.24) is 5.32 Å². The topological polar surface area (TPSA) is 12.0 Å². The first-order chi connectivity index (χ1) is 9.19. The summed E-state index contributed by atoms with van der Waals surface area (Å²) in [5.41, 5.74) is 0. The molecule has 4 heteroatoms. The van der Waals surface area contributed by atoms with Crippen LogP contribution in [0.25, 0.3) is 0 Å². The van der Waals surface area contributed by atoms with Gasteiger partial charge in [0.2, 0.25) is 0 Å². The van der Waals surface area contributed by atoms with E-state index in [1.54, 1.807) is 11.3 Å². The lowest BCUT2D eigenvalue weighted by atomic mass is 10.0. The van der Waals surface area contributed by atoms with Crippen molar-refractivity contribution in [2.45, 2.75) is 64.3 Å². The zero-order valence-corrected chi connectivity index (χ0v) is 15.1. The Morgan fingerprint density at radius 1 is 1.21 bits per heavy atom. The molecular formula is C15H25BrClNS. The van der Waals surface area contributed by atoms with Crippen molar-refractivity contribution >= 4 is 38.9 Å². The number of hydrogen-bond acceptors (Lipinski definition) is 2. The fourth-order valence-electron chi connectivity index (χ4n) is 2.27. The van der Waals surface area contributed by atoms with E-state index in [1.165, 1.54) is 56.2 Å². The molecule has 110 valence electrons. The highest BCUT2D eigenvalue weighted by Crippen LogP contribution is 2.36. The van der Waals surface area contributed by atoms with Crippen molar-refractivity contribution in [3.8, 4) is 0 Å². The fourth-order valence-corrected chi connectivity index (χ4v) is 4.15. The molecule has 0 bridgehead atoms. The van der Waals surface area contributed by atoms with Gasteiger partial charge < -0.3 is 5.32 Å². The van der Waals surface area contributed by atoms with E-state index in [9.17, 15) is 0 Å². The van der Waals surface area contributed by atoms with E-state index in [0.29, 0.717) is 6.04 Å². The molecule has 1 nitrogen and oxygen atoms in total. The van der Waals surface area contributed by atoms with E-state index < -0.39 is 0 Å². The molecule has 1 aromatic rings. The van der Waals surface area contributed by atoms with Crippen LogP contribution in [0, 0.1) is 0 Å². The molecule has 0 aliphatic rings. The number of thiophene rings is 1. The number of rotatable bonds is 10.